The summed E-state index contributed by atoms with van der Waals surface area (Å²) in [4.78, 5) is 36.2. The molecule has 180 valence electrons. The first kappa shape index (κ1) is 23.5. The van der Waals surface area contributed by atoms with Crippen LogP contribution in [0.5, 0.6) is 0 Å². The topological polar surface area (TPSA) is 96.5 Å². The lowest BCUT2D eigenvalue weighted by atomic mass is 9.43. The van der Waals surface area contributed by atoms with Crippen LogP contribution < -0.4 is 16.0 Å². The Kier molecular flexibility index (Phi) is 6.14. The number of halogens is 1. The summed E-state index contributed by atoms with van der Waals surface area (Å²) in [6.07, 6.45) is 7.23. The Morgan fingerprint density at radius 1 is 1.09 bits per heavy atom. The number of esters is 1. The first-order valence-electron chi connectivity index (χ1n) is 11.8. The molecule has 0 heterocycles. The van der Waals surface area contributed by atoms with E-state index < -0.39 is 17.8 Å². The van der Waals surface area contributed by atoms with E-state index in [-0.39, 0.29) is 46.6 Å². The third kappa shape index (κ3) is 5.14. The Morgan fingerprint density at radius 3 is 2.39 bits per heavy atom. The van der Waals surface area contributed by atoms with Gasteiger partial charge in [0.1, 0.15) is 5.82 Å². The highest BCUT2D eigenvalue weighted by Gasteiger charge is 2.60. The van der Waals surface area contributed by atoms with Crippen LogP contribution in [0.3, 0.4) is 0 Å². The summed E-state index contributed by atoms with van der Waals surface area (Å²) in [6, 6.07) is 3.59. The van der Waals surface area contributed by atoms with Crippen LogP contribution in [0.15, 0.2) is 18.2 Å². The molecule has 0 radical (unpaired) electrons. The molecule has 3 N–H and O–H groups in total. The summed E-state index contributed by atoms with van der Waals surface area (Å²) in [7, 11) is 1.31. The van der Waals surface area contributed by atoms with Crippen LogP contribution in [0.25, 0.3) is 0 Å². The molecule has 33 heavy (non-hydrogen) atoms. The molecule has 7 nitrogen and oxygen atoms in total. The number of ether oxygens (including phenoxy) is 1. The fraction of sp³-hybridized carbons (Fsp3) is 0.640. The highest BCUT2D eigenvalue weighted by molar-refractivity contribution is 5.95. The molecule has 0 aromatic heterocycles. The first-order chi connectivity index (χ1) is 15.5. The standard InChI is InChI=1S/C25H34FN3O4/c1-23-10-16-11-24(2,13-23)15-25(12-16,14-23)29-22(32)28-19-7-6-17(9-18(19)26)21(31)27-8-4-5-20(30)33-3/h6-7,9,16H,4-5,8,10-15H2,1-3H3,(H,27,31)(H2,28,29,32). The smallest absolute Gasteiger partial charge is 0.319 e. The second-order valence-corrected chi connectivity index (χ2v) is 11.1. The molecule has 4 bridgehead atoms. The number of carbonyl (C=O) groups excluding carboxylic acids is 3. The average molecular weight is 460 g/mol. The zero-order chi connectivity index (χ0) is 23.9. The quantitative estimate of drug-likeness (QED) is 0.416. The zero-order valence-corrected chi connectivity index (χ0v) is 19.7. The van der Waals surface area contributed by atoms with E-state index in [1.54, 1.807) is 0 Å². The van der Waals surface area contributed by atoms with Crippen LogP contribution in [0.1, 0.15) is 75.6 Å². The highest BCUT2D eigenvalue weighted by Crippen LogP contribution is 2.66. The van der Waals surface area contributed by atoms with Crippen molar-refractivity contribution in [3.63, 3.8) is 0 Å². The molecule has 1 aromatic rings. The second kappa shape index (κ2) is 8.61. The van der Waals surface area contributed by atoms with Gasteiger partial charge in [0.05, 0.1) is 12.8 Å². The summed E-state index contributed by atoms with van der Waals surface area (Å²) in [5.41, 5.74) is 0.486. The molecule has 0 aliphatic heterocycles. The largest absolute Gasteiger partial charge is 0.469 e. The van der Waals surface area contributed by atoms with Gasteiger partial charge in [0.2, 0.25) is 0 Å². The van der Waals surface area contributed by atoms with Crippen molar-refractivity contribution in [2.75, 3.05) is 19.0 Å². The number of hydrogen-bond donors (Lipinski definition) is 3. The van der Waals surface area contributed by atoms with Crippen molar-refractivity contribution in [2.45, 2.75) is 70.8 Å². The Bertz CT molecular complexity index is 947. The van der Waals surface area contributed by atoms with Gasteiger partial charge in [-0.15, -0.1) is 0 Å². The molecule has 2 unspecified atom stereocenters. The average Bonchev–Trinajstić information content (AvgIpc) is 2.69. The number of benzene rings is 1. The molecule has 4 fully saturated rings. The van der Waals surface area contributed by atoms with Crippen molar-refractivity contribution in [1.82, 2.24) is 10.6 Å². The number of carbonyl (C=O) groups is 3. The van der Waals surface area contributed by atoms with Gasteiger partial charge in [-0.3, -0.25) is 9.59 Å². The number of nitrogens with one attached hydrogen (secondary N) is 3. The third-order valence-corrected chi connectivity index (χ3v) is 7.56. The van der Waals surface area contributed by atoms with Gasteiger partial charge in [0, 0.05) is 24.1 Å². The van der Waals surface area contributed by atoms with E-state index >= 15 is 0 Å². The summed E-state index contributed by atoms with van der Waals surface area (Å²) in [5.74, 6) is -0.818. The number of anilines is 1. The van der Waals surface area contributed by atoms with Gasteiger partial charge < -0.3 is 20.7 Å². The predicted octanol–water partition coefficient (Wildman–Crippen LogP) is 4.38. The van der Waals surface area contributed by atoms with Crippen molar-refractivity contribution >= 4 is 23.6 Å². The van der Waals surface area contributed by atoms with Crippen LogP contribution in [0.4, 0.5) is 14.9 Å². The van der Waals surface area contributed by atoms with Gasteiger partial charge in [-0.2, -0.15) is 0 Å². The minimum absolute atomic E-state index is 0.0388. The molecule has 4 aliphatic carbocycles. The highest BCUT2D eigenvalue weighted by atomic mass is 19.1. The summed E-state index contributed by atoms with van der Waals surface area (Å²) in [6.45, 7) is 4.95. The lowest BCUT2D eigenvalue weighted by molar-refractivity contribution is -0.140. The first-order valence-corrected chi connectivity index (χ1v) is 11.8. The van der Waals surface area contributed by atoms with E-state index in [0.29, 0.717) is 12.3 Å². The Balaban J connectivity index is 1.33. The SMILES string of the molecule is COC(=O)CCCNC(=O)c1ccc(NC(=O)NC23CC4CC(C)(CC(C)(C4)C2)C3)c(F)c1. The normalized spacial score (nSPS) is 31.7. The molecule has 0 spiro atoms. The fourth-order valence-electron chi connectivity index (χ4n) is 7.38. The molecule has 3 amide bonds. The maximum absolute atomic E-state index is 14.6. The van der Waals surface area contributed by atoms with Gasteiger partial charge >= 0.3 is 12.0 Å². The molecule has 2 atom stereocenters. The van der Waals surface area contributed by atoms with Gasteiger partial charge in [0.15, 0.2) is 0 Å². The Morgan fingerprint density at radius 2 is 1.79 bits per heavy atom. The van der Waals surface area contributed by atoms with Crippen LogP contribution in [0, 0.1) is 22.6 Å². The Hall–Kier alpha value is -2.64. The molecule has 1 aromatic carbocycles. The fourth-order valence-corrected chi connectivity index (χ4v) is 7.38. The minimum atomic E-state index is -0.670. The summed E-state index contributed by atoms with van der Waals surface area (Å²) < 4.78 is 19.2. The zero-order valence-electron chi connectivity index (χ0n) is 19.7. The van der Waals surface area contributed by atoms with Gasteiger partial charge in [-0.25, -0.2) is 9.18 Å². The molecule has 8 heteroatoms. The van der Waals surface area contributed by atoms with Crippen molar-refractivity contribution in [1.29, 1.82) is 0 Å². The molecular formula is C25H34FN3O4. The predicted molar refractivity (Wildman–Crippen MR) is 122 cm³/mol. The lowest BCUT2D eigenvalue weighted by Gasteiger charge is -2.65. The number of urea groups is 1. The summed E-state index contributed by atoms with van der Waals surface area (Å²) in [5, 5.41) is 8.49. The van der Waals surface area contributed by atoms with E-state index in [2.05, 4.69) is 34.5 Å². The molecule has 5 rings (SSSR count). The Labute approximate surface area is 194 Å². The third-order valence-electron chi connectivity index (χ3n) is 7.56. The van der Waals surface area contributed by atoms with Crippen molar-refractivity contribution < 1.29 is 23.5 Å². The van der Waals surface area contributed by atoms with Crippen molar-refractivity contribution in [2.24, 2.45) is 16.7 Å². The van der Waals surface area contributed by atoms with E-state index in [0.717, 1.165) is 25.3 Å². The number of methoxy groups -OCH3 is 1. The van der Waals surface area contributed by atoms with E-state index in [1.807, 2.05) is 0 Å². The van der Waals surface area contributed by atoms with Crippen LogP contribution in [-0.2, 0) is 9.53 Å². The maximum Gasteiger partial charge on any atom is 0.319 e. The monoisotopic (exact) mass is 459 g/mol. The van der Waals surface area contributed by atoms with Gasteiger partial charge in [-0.1, -0.05) is 13.8 Å². The number of rotatable bonds is 7. The van der Waals surface area contributed by atoms with Crippen LogP contribution in [-0.4, -0.2) is 37.1 Å². The van der Waals surface area contributed by atoms with E-state index in [4.69, 9.17) is 0 Å². The van der Waals surface area contributed by atoms with Gasteiger partial charge in [-0.05, 0) is 79.9 Å². The molecule has 4 saturated carbocycles. The molecule has 0 saturated heterocycles. The van der Waals surface area contributed by atoms with Gasteiger partial charge in [0.25, 0.3) is 5.91 Å². The number of amides is 3. The van der Waals surface area contributed by atoms with Crippen LogP contribution >= 0.6 is 0 Å². The molecule has 4 aliphatic rings. The second-order valence-electron chi connectivity index (χ2n) is 11.1. The van der Waals surface area contributed by atoms with E-state index in [1.165, 1.54) is 38.5 Å². The maximum atomic E-state index is 14.6. The summed E-state index contributed by atoms with van der Waals surface area (Å²) >= 11 is 0. The lowest BCUT2D eigenvalue weighted by Crippen LogP contribution is -2.65. The van der Waals surface area contributed by atoms with E-state index in [9.17, 15) is 18.8 Å². The number of hydrogen-bond acceptors (Lipinski definition) is 4. The van der Waals surface area contributed by atoms with Crippen molar-refractivity contribution in [3.8, 4) is 0 Å². The molecular weight excluding hydrogens is 425 g/mol. The minimum Gasteiger partial charge on any atom is -0.469 e. The van der Waals surface area contributed by atoms with Crippen LogP contribution in [0.2, 0.25) is 0 Å². The van der Waals surface area contributed by atoms with Crippen molar-refractivity contribution in [3.05, 3.63) is 29.6 Å².